The Hall–Kier alpha value is -0.820. The van der Waals surface area contributed by atoms with Gasteiger partial charge < -0.3 is 4.74 Å². The third-order valence-electron chi connectivity index (χ3n) is 3.22. The SMILES string of the molecule is CCc1ccc(C(C)(C)OCCC(C)C)cc1. The Balaban J connectivity index is 2.61. The normalized spacial score (nSPS) is 12.1. The molecule has 0 spiro atoms. The average Bonchev–Trinajstić information content (AvgIpc) is 2.28. The molecule has 1 heteroatoms. The molecule has 0 unspecified atom stereocenters. The lowest BCUT2D eigenvalue weighted by Crippen LogP contribution is -2.22. The number of aryl methyl sites for hydroxylation is 1. The van der Waals surface area contributed by atoms with E-state index in [1.165, 1.54) is 11.1 Å². The summed E-state index contributed by atoms with van der Waals surface area (Å²) < 4.78 is 6.00. The third-order valence-corrected chi connectivity index (χ3v) is 3.22. The van der Waals surface area contributed by atoms with E-state index in [-0.39, 0.29) is 5.60 Å². The summed E-state index contributed by atoms with van der Waals surface area (Å²) in [5, 5.41) is 0. The van der Waals surface area contributed by atoms with Crippen LogP contribution in [0.2, 0.25) is 0 Å². The summed E-state index contributed by atoms with van der Waals surface area (Å²) in [5.41, 5.74) is 2.46. The van der Waals surface area contributed by atoms with Gasteiger partial charge in [-0.1, -0.05) is 45.0 Å². The van der Waals surface area contributed by atoms with E-state index >= 15 is 0 Å². The van der Waals surface area contributed by atoms with Crippen LogP contribution in [0.15, 0.2) is 24.3 Å². The van der Waals surface area contributed by atoms with Crippen molar-refractivity contribution in [2.45, 2.75) is 53.1 Å². The first-order valence-corrected chi connectivity index (χ1v) is 6.69. The molecule has 1 aromatic carbocycles. The maximum Gasteiger partial charge on any atom is 0.0875 e. The Morgan fingerprint density at radius 2 is 1.71 bits per heavy atom. The molecule has 0 N–H and O–H groups in total. The molecule has 0 aliphatic rings. The Morgan fingerprint density at radius 1 is 1.12 bits per heavy atom. The van der Waals surface area contributed by atoms with Gasteiger partial charge in [0.25, 0.3) is 0 Å². The highest BCUT2D eigenvalue weighted by atomic mass is 16.5. The second kappa shape index (κ2) is 6.20. The van der Waals surface area contributed by atoms with Gasteiger partial charge in [-0.15, -0.1) is 0 Å². The van der Waals surface area contributed by atoms with Gasteiger partial charge in [0, 0.05) is 6.61 Å². The maximum atomic E-state index is 6.00. The van der Waals surface area contributed by atoms with Gasteiger partial charge in [-0.3, -0.25) is 0 Å². The summed E-state index contributed by atoms with van der Waals surface area (Å²) in [5.74, 6) is 0.702. The van der Waals surface area contributed by atoms with Crippen LogP contribution >= 0.6 is 0 Å². The highest BCUT2D eigenvalue weighted by Gasteiger charge is 2.20. The van der Waals surface area contributed by atoms with Crippen LogP contribution < -0.4 is 0 Å². The largest absolute Gasteiger partial charge is 0.371 e. The zero-order valence-corrected chi connectivity index (χ0v) is 11.9. The third kappa shape index (κ3) is 4.51. The van der Waals surface area contributed by atoms with Crippen molar-refractivity contribution in [1.29, 1.82) is 0 Å². The molecule has 17 heavy (non-hydrogen) atoms. The van der Waals surface area contributed by atoms with Gasteiger partial charge in [-0.2, -0.15) is 0 Å². The van der Waals surface area contributed by atoms with Crippen molar-refractivity contribution in [3.63, 3.8) is 0 Å². The van der Waals surface area contributed by atoms with Crippen molar-refractivity contribution in [1.82, 2.24) is 0 Å². The van der Waals surface area contributed by atoms with Crippen molar-refractivity contribution in [2.75, 3.05) is 6.61 Å². The molecular weight excluding hydrogens is 208 g/mol. The molecule has 0 amide bonds. The predicted octanol–water partition coefficient (Wildman–Crippen LogP) is 4.55. The van der Waals surface area contributed by atoms with Gasteiger partial charge in [0.05, 0.1) is 5.60 Å². The van der Waals surface area contributed by atoms with E-state index in [0.29, 0.717) is 5.92 Å². The van der Waals surface area contributed by atoms with Crippen molar-refractivity contribution in [3.05, 3.63) is 35.4 Å². The van der Waals surface area contributed by atoms with Crippen LogP contribution in [0.1, 0.15) is 52.2 Å². The van der Waals surface area contributed by atoms with Crippen molar-refractivity contribution in [3.8, 4) is 0 Å². The van der Waals surface area contributed by atoms with Gasteiger partial charge in [0.15, 0.2) is 0 Å². The highest BCUT2D eigenvalue weighted by molar-refractivity contribution is 5.26. The first kappa shape index (κ1) is 14.2. The smallest absolute Gasteiger partial charge is 0.0875 e. The van der Waals surface area contributed by atoms with Crippen LogP contribution in [0.25, 0.3) is 0 Å². The Labute approximate surface area is 106 Å². The van der Waals surface area contributed by atoms with Crippen molar-refractivity contribution >= 4 is 0 Å². The molecule has 1 nitrogen and oxygen atoms in total. The summed E-state index contributed by atoms with van der Waals surface area (Å²) in [6, 6.07) is 8.77. The topological polar surface area (TPSA) is 9.23 Å². The first-order chi connectivity index (χ1) is 7.95. The van der Waals surface area contributed by atoms with Crippen LogP contribution in [0.3, 0.4) is 0 Å². The number of rotatable bonds is 6. The van der Waals surface area contributed by atoms with Crippen molar-refractivity contribution < 1.29 is 4.74 Å². The molecule has 0 aromatic heterocycles. The standard InChI is InChI=1S/C16H26O/c1-6-14-7-9-15(10-8-14)16(4,5)17-12-11-13(2)3/h7-10,13H,6,11-12H2,1-5H3. The fourth-order valence-electron chi connectivity index (χ4n) is 1.77. The van der Waals surface area contributed by atoms with Gasteiger partial charge in [-0.25, -0.2) is 0 Å². The minimum atomic E-state index is -0.179. The van der Waals surface area contributed by atoms with Gasteiger partial charge in [-0.05, 0) is 43.7 Å². The quantitative estimate of drug-likeness (QED) is 0.702. The monoisotopic (exact) mass is 234 g/mol. The molecule has 0 saturated heterocycles. The Morgan fingerprint density at radius 3 is 2.18 bits per heavy atom. The van der Waals surface area contributed by atoms with Crippen LogP contribution in [-0.4, -0.2) is 6.61 Å². The van der Waals surface area contributed by atoms with Crippen LogP contribution in [0, 0.1) is 5.92 Å². The molecule has 0 bridgehead atoms. The Bertz CT molecular complexity index is 322. The van der Waals surface area contributed by atoms with E-state index in [1.54, 1.807) is 0 Å². The summed E-state index contributed by atoms with van der Waals surface area (Å²) in [7, 11) is 0. The van der Waals surface area contributed by atoms with E-state index in [2.05, 4.69) is 58.9 Å². The molecule has 96 valence electrons. The number of ether oxygens (including phenoxy) is 1. The average molecular weight is 234 g/mol. The van der Waals surface area contributed by atoms with Crippen molar-refractivity contribution in [2.24, 2.45) is 5.92 Å². The summed E-state index contributed by atoms with van der Waals surface area (Å²) in [4.78, 5) is 0. The van der Waals surface area contributed by atoms with Gasteiger partial charge in [0.1, 0.15) is 0 Å². The lowest BCUT2D eigenvalue weighted by atomic mass is 9.96. The Kier molecular flexibility index (Phi) is 5.20. The minimum absolute atomic E-state index is 0.179. The van der Waals surface area contributed by atoms with E-state index in [4.69, 9.17) is 4.74 Å². The number of hydrogen-bond donors (Lipinski definition) is 0. The van der Waals surface area contributed by atoms with E-state index in [0.717, 1.165) is 19.4 Å². The van der Waals surface area contributed by atoms with Crippen LogP contribution in [-0.2, 0) is 16.8 Å². The molecule has 0 fully saturated rings. The zero-order chi connectivity index (χ0) is 12.9. The molecule has 0 heterocycles. The molecule has 0 saturated carbocycles. The summed E-state index contributed by atoms with van der Waals surface area (Å²) >= 11 is 0. The minimum Gasteiger partial charge on any atom is -0.371 e. The molecule has 0 aliphatic heterocycles. The maximum absolute atomic E-state index is 6.00. The lowest BCUT2D eigenvalue weighted by Gasteiger charge is -2.26. The lowest BCUT2D eigenvalue weighted by molar-refractivity contribution is -0.0262. The van der Waals surface area contributed by atoms with Crippen LogP contribution in [0.5, 0.6) is 0 Å². The molecule has 1 rings (SSSR count). The predicted molar refractivity (Wildman–Crippen MR) is 74.3 cm³/mol. The first-order valence-electron chi connectivity index (χ1n) is 6.69. The summed E-state index contributed by atoms with van der Waals surface area (Å²) in [6.45, 7) is 11.8. The second-order valence-corrected chi connectivity index (χ2v) is 5.59. The van der Waals surface area contributed by atoms with Gasteiger partial charge >= 0.3 is 0 Å². The molecular formula is C16H26O. The fourth-order valence-corrected chi connectivity index (χ4v) is 1.77. The molecule has 0 radical (unpaired) electrons. The zero-order valence-electron chi connectivity index (χ0n) is 11.9. The number of hydrogen-bond acceptors (Lipinski definition) is 1. The van der Waals surface area contributed by atoms with E-state index in [9.17, 15) is 0 Å². The molecule has 1 aromatic rings. The second-order valence-electron chi connectivity index (χ2n) is 5.59. The van der Waals surface area contributed by atoms with E-state index < -0.39 is 0 Å². The fraction of sp³-hybridized carbons (Fsp3) is 0.625. The highest BCUT2D eigenvalue weighted by Crippen LogP contribution is 2.25. The van der Waals surface area contributed by atoms with E-state index in [1.807, 2.05) is 0 Å². The molecule has 0 aliphatic carbocycles. The molecule has 0 atom stereocenters. The van der Waals surface area contributed by atoms with Gasteiger partial charge in [0.2, 0.25) is 0 Å². The number of benzene rings is 1. The summed E-state index contributed by atoms with van der Waals surface area (Å²) in [6.07, 6.45) is 2.21. The van der Waals surface area contributed by atoms with Crippen LogP contribution in [0.4, 0.5) is 0 Å².